The number of hydrogen-bond acceptors (Lipinski definition) is 2. The zero-order valence-electron chi connectivity index (χ0n) is 21.8. The smallest absolute Gasteiger partial charge is 0.192 e. The van der Waals surface area contributed by atoms with Crippen molar-refractivity contribution in [2.45, 2.75) is 117 Å². The third-order valence-electron chi connectivity index (χ3n) is 11.4. The summed E-state index contributed by atoms with van der Waals surface area (Å²) in [5.74, 6) is 3.76. The Labute approximate surface area is 193 Å². The third-order valence-corrected chi connectivity index (χ3v) is 15.9. The van der Waals surface area contributed by atoms with Crippen LogP contribution in [0.15, 0.2) is 11.6 Å². The van der Waals surface area contributed by atoms with Gasteiger partial charge in [0.25, 0.3) is 0 Å². The molecule has 0 aromatic heterocycles. The average Bonchev–Trinajstić information content (AvgIpc) is 3.04. The maximum atomic E-state index is 9.86. The van der Waals surface area contributed by atoms with E-state index in [9.17, 15) is 5.11 Å². The predicted molar refractivity (Wildman–Crippen MR) is 134 cm³/mol. The molecule has 0 radical (unpaired) electrons. The van der Waals surface area contributed by atoms with Gasteiger partial charge in [-0.3, -0.25) is 0 Å². The van der Waals surface area contributed by atoms with Crippen molar-refractivity contribution in [2.24, 2.45) is 40.4 Å². The van der Waals surface area contributed by atoms with Gasteiger partial charge >= 0.3 is 0 Å². The van der Waals surface area contributed by atoms with E-state index in [-0.39, 0.29) is 0 Å². The molecular formula is C28H50O2Si. The standard InChI is InChI=1S/C28H50O2Si/c1-19(18-29)23-11-12-24-22-10-9-20-17-21(30-31(7,8)26(2,3)4)13-15-27(20,5)25(22)14-16-28(23,24)6/h9,19,21-25,29H,10-18H2,1-8H3/t19-,21?,22+,23-,24+,25+,27+,28-/m1/s1. The van der Waals surface area contributed by atoms with Crippen LogP contribution in [0.3, 0.4) is 0 Å². The summed E-state index contributed by atoms with van der Waals surface area (Å²) in [6.45, 7) is 19.8. The van der Waals surface area contributed by atoms with Crippen molar-refractivity contribution in [3.8, 4) is 0 Å². The highest BCUT2D eigenvalue weighted by atomic mass is 28.4. The third kappa shape index (κ3) is 3.83. The second kappa shape index (κ2) is 7.98. The minimum Gasteiger partial charge on any atom is -0.414 e. The minimum atomic E-state index is -1.71. The van der Waals surface area contributed by atoms with E-state index in [0.29, 0.717) is 34.5 Å². The van der Waals surface area contributed by atoms with Crippen molar-refractivity contribution in [1.29, 1.82) is 0 Å². The van der Waals surface area contributed by atoms with Gasteiger partial charge < -0.3 is 9.53 Å². The Morgan fingerprint density at radius 1 is 1.10 bits per heavy atom. The molecule has 0 aromatic carbocycles. The molecule has 3 heteroatoms. The number of aliphatic hydroxyl groups is 1. The number of allylic oxidation sites excluding steroid dienone is 1. The fraction of sp³-hybridized carbons (Fsp3) is 0.929. The van der Waals surface area contributed by atoms with Crippen molar-refractivity contribution in [3.63, 3.8) is 0 Å². The van der Waals surface area contributed by atoms with Crippen LogP contribution in [-0.2, 0) is 4.43 Å². The monoisotopic (exact) mass is 446 g/mol. The highest BCUT2D eigenvalue weighted by Gasteiger charge is 2.59. The van der Waals surface area contributed by atoms with Crippen molar-refractivity contribution in [2.75, 3.05) is 6.61 Å². The first-order valence-corrected chi connectivity index (χ1v) is 16.2. The summed E-state index contributed by atoms with van der Waals surface area (Å²) in [6.07, 6.45) is 13.7. The molecule has 178 valence electrons. The maximum Gasteiger partial charge on any atom is 0.192 e. The highest BCUT2D eigenvalue weighted by molar-refractivity contribution is 6.74. The van der Waals surface area contributed by atoms with Gasteiger partial charge in [-0.15, -0.1) is 0 Å². The molecule has 2 nitrogen and oxygen atoms in total. The molecule has 1 unspecified atom stereocenters. The maximum absolute atomic E-state index is 9.86. The van der Waals surface area contributed by atoms with Gasteiger partial charge in [-0.25, -0.2) is 0 Å². The van der Waals surface area contributed by atoms with Gasteiger partial charge in [0.1, 0.15) is 0 Å². The second-order valence-corrected chi connectivity index (χ2v) is 18.6. The quantitative estimate of drug-likeness (QED) is 0.356. The summed E-state index contributed by atoms with van der Waals surface area (Å²) in [5.41, 5.74) is 2.59. The number of rotatable bonds is 4. The lowest BCUT2D eigenvalue weighted by Crippen LogP contribution is -2.52. The van der Waals surface area contributed by atoms with Crippen molar-refractivity contribution in [3.05, 3.63) is 11.6 Å². The summed E-state index contributed by atoms with van der Waals surface area (Å²) in [5, 5.41) is 10.2. The lowest BCUT2D eigenvalue weighted by Gasteiger charge is -2.59. The SMILES string of the molecule is C[C@H](CO)[C@H]1CC[C@H]2[C@@H]3CC=C4CC(O[Si](C)(C)C(C)(C)C)CC[C@]4(C)[C@H]3CC[C@]12C. The van der Waals surface area contributed by atoms with E-state index in [2.05, 4.69) is 60.7 Å². The lowest BCUT2D eigenvalue weighted by atomic mass is 9.47. The molecule has 0 aliphatic heterocycles. The Morgan fingerprint density at radius 2 is 1.81 bits per heavy atom. The van der Waals surface area contributed by atoms with Crippen LogP contribution in [0.4, 0.5) is 0 Å². The van der Waals surface area contributed by atoms with Crippen LogP contribution >= 0.6 is 0 Å². The molecular weight excluding hydrogens is 396 g/mol. The molecule has 8 atom stereocenters. The Balaban J connectivity index is 1.52. The normalized spacial score (nSPS) is 44.2. The first kappa shape index (κ1) is 24.0. The Hall–Kier alpha value is -0.123. The zero-order chi connectivity index (χ0) is 22.8. The van der Waals surface area contributed by atoms with Crippen molar-refractivity contribution in [1.82, 2.24) is 0 Å². The van der Waals surface area contributed by atoms with Crippen LogP contribution in [-0.4, -0.2) is 26.1 Å². The van der Waals surface area contributed by atoms with Crippen LogP contribution < -0.4 is 0 Å². The fourth-order valence-electron chi connectivity index (χ4n) is 8.42. The summed E-state index contributed by atoms with van der Waals surface area (Å²) < 4.78 is 6.89. The van der Waals surface area contributed by atoms with Gasteiger partial charge in [-0.05, 0) is 110 Å². The van der Waals surface area contributed by atoms with E-state index < -0.39 is 8.32 Å². The molecule has 4 rings (SSSR count). The van der Waals surface area contributed by atoms with Gasteiger partial charge in [0.05, 0.1) is 0 Å². The first-order chi connectivity index (χ1) is 14.3. The van der Waals surface area contributed by atoms with Gasteiger partial charge in [-0.1, -0.05) is 53.2 Å². The summed E-state index contributed by atoms with van der Waals surface area (Å²) in [7, 11) is -1.71. The summed E-state index contributed by atoms with van der Waals surface area (Å²) in [4.78, 5) is 0. The van der Waals surface area contributed by atoms with Gasteiger partial charge in [0.15, 0.2) is 8.32 Å². The van der Waals surface area contributed by atoms with Crippen molar-refractivity contribution >= 4 is 8.32 Å². The van der Waals surface area contributed by atoms with E-state index in [1.165, 1.54) is 51.4 Å². The molecule has 3 saturated carbocycles. The largest absolute Gasteiger partial charge is 0.414 e. The highest BCUT2D eigenvalue weighted by Crippen LogP contribution is 2.67. The lowest BCUT2D eigenvalue weighted by molar-refractivity contribution is -0.0591. The topological polar surface area (TPSA) is 29.5 Å². The van der Waals surface area contributed by atoms with Gasteiger partial charge in [-0.2, -0.15) is 0 Å². The molecule has 0 bridgehead atoms. The molecule has 0 spiro atoms. The molecule has 1 N–H and O–H groups in total. The van der Waals surface area contributed by atoms with Crippen molar-refractivity contribution < 1.29 is 9.53 Å². The van der Waals surface area contributed by atoms with Crippen LogP contribution in [0.25, 0.3) is 0 Å². The van der Waals surface area contributed by atoms with Crippen LogP contribution in [0.2, 0.25) is 18.1 Å². The molecule has 0 heterocycles. The predicted octanol–water partition coefficient (Wildman–Crippen LogP) is 7.58. The first-order valence-electron chi connectivity index (χ1n) is 13.3. The number of hydrogen-bond donors (Lipinski definition) is 1. The van der Waals surface area contributed by atoms with E-state index >= 15 is 0 Å². The Morgan fingerprint density at radius 3 is 2.45 bits per heavy atom. The van der Waals surface area contributed by atoms with Crippen LogP contribution in [0.1, 0.15) is 92.9 Å². The fourth-order valence-corrected chi connectivity index (χ4v) is 9.81. The van der Waals surface area contributed by atoms with E-state index in [0.717, 1.165) is 23.7 Å². The van der Waals surface area contributed by atoms with E-state index in [1.807, 2.05) is 0 Å². The zero-order valence-corrected chi connectivity index (χ0v) is 22.8. The molecule has 4 aliphatic carbocycles. The van der Waals surface area contributed by atoms with E-state index in [4.69, 9.17) is 4.43 Å². The molecule has 0 amide bonds. The minimum absolute atomic E-state index is 0.290. The Kier molecular flexibility index (Phi) is 6.18. The summed E-state index contributed by atoms with van der Waals surface area (Å²) >= 11 is 0. The number of fused-ring (bicyclic) bond motifs is 5. The second-order valence-electron chi connectivity index (χ2n) is 13.9. The summed E-state index contributed by atoms with van der Waals surface area (Å²) in [6, 6.07) is 0. The Bertz CT molecular complexity index is 706. The van der Waals surface area contributed by atoms with Crippen LogP contribution in [0.5, 0.6) is 0 Å². The average molecular weight is 447 g/mol. The molecule has 0 saturated heterocycles. The van der Waals surface area contributed by atoms with Gasteiger partial charge in [0, 0.05) is 12.7 Å². The molecule has 0 aromatic rings. The van der Waals surface area contributed by atoms with Crippen LogP contribution in [0, 0.1) is 40.4 Å². The van der Waals surface area contributed by atoms with Gasteiger partial charge in [0.2, 0.25) is 0 Å². The van der Waals surface area contributed by atoms with E-state index in [1.54, 1.807) is 5.57 Å². The molecule has 3 fully saturated rings. The number of aliphatic hydroxyl groups excluding tert-OH is 1. The molecule has 31 heavy (non-hydrogen) atoms. The molecule has 4 aliphatic rings.